The Bertz CT molecular complexity index is 595. The van der Waals surface area contributed by atoms with E-state index in [1.807, 2.05) is 6.07 Å². The maximum absolute atomic E-state index is 12.1. The first-order chi connectivity index (χ1) is 8.94. The highest BCUT2D eigenvalue weighted by Gasteiger charge is 2.23. The van der Waals surface area contributed by atoms with Crippen LogP contribution in [0.1, 0.15) is 24.5 Å². The Hall–Kier alpha value is -1.40. The summed E-state index contributed by atoms with van der Waals surface area (Å²) in [6.07, 6.45) is 2.97. The summed E-state index contributed by atoms with van der Waals surface area (Å²) < 4.78 is 31.1. The van der Waals surface area contributed by atoms with Gasteiger partial charge in [-0.05, 0) is 49.4 Å². The van der Waals surface area contributed by atoms with Crippen molar-refractivity contribution in [1.29, 1.82) is 0 Å². The number of hydrogen-bond donors (Lipinski definition) is 1. The Balaban J connectivity index is 2.22. The third kappa shape index (κ3) is 2.96. The number of methoxy groups -OCH3 is 1. The van der Waals surface area contributed by atoms with Gasteiger partial charge in [0.25, 0.3) is 0 Å². The molecule has 5 nitrogen and oxygen atoms in total. The van der Waals surface area contributed by atoms with E-state index in [9.17, 15) is 13.2 Å². The van der Waals surface area contributed by atoms with E-state index < -0.39 is 22.0 Å². The first kappa shape index (κ1) is 14.0. The number of carbonyl (C=O) groups excluding carboxylic acids is 1. The molecule has 1 N–H and O–H groups in total. The zero-order valence-corrected chi connectivity index (χ0v) is 11.8. The van der Waals surface area contributed by atoms with E-state index in [4.69, 9.17) is 0 Å². The minimum Gasteiger partial charge on any atom is -0.468 e. The highest BCUT2D eigenvalue weighted by Crippen LogP contribution is 2.24. The summed E-state index contributed by atoms with van der Waals surface area (Å²) in [5.41, 5.74) is 2.29. The fourth-order valence-electron chi connectivity index (χ4n) is 2.24. The molecule has 0 heterocycles. The number of aryl methyl sites for hydroxylation is 2. The van der Waals surface area contributed by atoms with Crippen LogP contribution in [0.5, 0.6) is 0 Å². The molecular formula is C13H17NO4S. The lowest BCUT2D eigenvalue weighted by Crippen LogP contribution is -2.39. The third-order valence-corrected chi connectivity index (χ3v) is 4.81. The molecule has 1 aliphatic carbocycles. The Morgan fingerprint density at radius 3 is 2.68 bits per heavy atom. The normalized spacial score (nSPS) is 15.9. The molecule has 0 fully saturated rings. The molecule has 104 valence electrons. The molecule has 19 heavy (non-hydrogen) atoms. The molecule has 1 unspecified atom stereocenters. The van der Waals surface area contributed by atoms with Crippen LogP contribution in [0.4, 0.5) is 0 Å². The quantitative estimate of drug-likeness (QED) is 0.837. The van der Waals surface area contributed by atoms with Crippen molar-refractivity contribution in [3.63, 3.8) is 0 Å². The lowest BCUT2D eigenvalue weighted by Gasteiger charge is -2.12. The first-order valence-electron chi connectivity index (χ1n) is 6.16. The number of esters is 1. The van der Waals surface area contributed by atoms with Gasteiger partial charge in [0.1, 0.15) is 6.04 Å². The van der Waals surface area contributed by atoms with Gasteiger partial charge in [-0.25, -0.2) is 8.42 Å². The van der Waals surface area contributed by atoms with Crippen LogP contribution in [0, 0.1) is 0 Å². The highest BCUT2D eigenvalue weighted by atomic mass is 32.2. The van der Waals surface area contributed by atoms with E-state index >= 15 is 0 Å². The zero-order valence-electron chi connectivity index (χ0n) is 11.0. The summed E-state index contributed by atoms with van der Waals surface area (Å²) in [6.45, 7) is 1.46. The van der Waals surface area contributed by atoms with E-state index in [-0.39, 0.29) is 4.90 Å². The molecule has 1 aromatic rings. The Labute approximate surface area is 113 Å². The second-order valence-corrected chi connectivity index (χ2v) is 6.36. The van der Waals surface area contributed by atoms with Gasteiger partial charge < -0.3 is 4.74 Å². The van der Waals surface area contributed by atoms with Crippen molar-refractivity contribution >= 4 is 16.0 Å². The Morgan fingerprint density at radius 2 is 2.00 bits per heavy atom. The van der Waals surface area contributed by atoms with E-state index in [1.54, 1.807) is 12.1 Å². The van der Waals surface area contributed by atoms with E-state index in [0.717, 1.165) is 24.8 Å². The van der Waals surface area contributed by atoms with Gasteiger partial charge in [0, 0.05) is 0 Å². The fourth-order valence-corrected chi connectivity index (χ4v) is 3.48. The molecule has 0 amide bonds. The van der Waals surface area contributed by atoms with Crippen molar-refractivity contribution in [2.24, 2.45) is 0 Å². The van der Waals surface area contributed by atoms with Gasteiger partial charge in [-0.2, -0.15) is 4.72 Å². The first-order valence-corrected chi connectivity index (χ1v) is 7.64. The summed E-state index contributed by atoms with van der Waals surface area (Å²) >= 11 is 0. The van der Waals surface area contributed by atoms with Crippen LogP contribution in [0.3, 0.4) is 0 Å². The van der Waals surface area contributed by atoms with Crippen LogP contribution in [0.2, 0.25) is 0 Å². The molecule has 0 aromatic heterocycles. The fraction of sp³-hybridized carbons (Fsp3) is 0.462. The van der Waals surface area contributed by atoms with Crippen molar-refractivity contribution < 1.29 is 17.9 Å². The number of nitrogens with one attached hydrogen (secondary N) is 1. The lowest BCUT2D eigenvalue weighted by molar-refractivity contribution is -0.142. The molecule has 0 bridgehead atoms. The predicted molar refractivity (Wildman–Crippen MR) is 70.3 cm³/mol. The minimum atomic E-state index is -3.69. The molecule has 6 heteroatoms. The van der Waals surface area contributed by atoms with Crippen LogP contribution in [-0.4, -0.2) is 27.5 Å². The summed E-state index contributed by atoms with van der Waals surface area (Å²) in [4.78, 5) is 11.5. The van der Waals surface area contributed by atoms with Gasteiger partial charge in [0.2, 0.25) is 10.0 Å². The molecular weight excluding hydrogens is 266 g/mol. The third-order valence-electron chi connectivity index (χ3n) is 3.27. The predicted octanol–water partition coefficient (Wildman–Crippen LogP) is 1.02. The van der Waals surface area contributed by atoms with Crippen LogP contribution < -0.4 is 4.72 Å². The van der Waals surface area contributed by atoms with Gasteiger partial charge in [-0.1, -0.05) is 6.07 Å². The lowest BCUT2D eigenvalue weighted by atomic mass is 10.1. The van der Waals surface area contributed by atoms with Crippen molar-refractivity contribution in [1.82, 2.24) is 4.72 Å². The van der Waals surface area contributed by atoms with E-state index in [2.05, 4.69) is 9.46 Å². The summed E-state index contributed by atoms with van der Waals surface area (Å²) in [5.74, 6) is -0.607. The highest BCUT2D eigenvalue weighted by molar-refractivity contribution is 7.89. The molecule has 0 radical (unpaired) electrons. The maximum Gasteiger partial charge on any atom is 0.323 e. The van der Waals surface area contributed by atoms with Crippen LogP contribution >= 0.6 is 0 Å². The summed E-state index contributed by atoms with van der Waals surface area (Å²) in [7, 11) is -2.46. The van der Waals surface area contributed by atoms with Gasteiger partial charge >= 0.3 is 5.97 Å². The molecule has 0 saturated carbocycles. The number of carbonyl (C=O) groups is 1. The van der Waals surface area contributed by atoms with E-state index in [1.165, 1.54) is 19.6 Å². The van der Waals surface area contributed by atoms with Crippen molar-refractivity contribution in [3.05, 3.63) is 29.3 Å². The Morgan fingerprint density at radius 1 is 1.32 bits per heavy atom. The van der Waals surface area contributed by atoms with Crippen LogP contribution in [0.25, 0.3) is 0 Å². The number of benzene rings is 1. The number of rotatable bonds is 4. The summed E-state index contributed by atoms with van der Waals surface area (Å²) in [5, 5.41) is 0. The van der Waals surface area contributed by atoms with Crippen LogP contribution in [-0.2, 0) is 32.4 Å². The SMILES string of the molecule is COC(=O)C(C)NS(=O)(=O)c1ccc2c(c1)CCC2. The average molecular weight is 283 g/mol. The number of hydrogen-bond acceptors (Lipinski definition) is 4. The standard InChI is InChI=1S/C13H17NO4S/c1-9(13(15)18-2)14-19(16,17)12-7-6-10-4-3-5-11(10)8-12/h6-9,14H,3-5H2,1-2H3. The smallest absolute Gasteiger partial charge is 0.323 e. The molecule has 1 aromatic carbocycles. The van der Waals surface area contributed by atoms with Crippen molar-refractivity contribution in [2.75, 3.05) is 7.11 Å². The molecule has 0 spiro atoms. The molecule has 1 atom stereocenters. The van der Waals surface area contributed by atoms with Gasteiger partial charge in [-0.3, -0.25) is 4.79 Å². The minimum absolute atomic E-state index is 0.198. The topological polar surface area (TPSA) is 72.5 Å². The molecule has 0 saturated heterocycles. The number of fused-ring (bicyclic) bond motifs is 1. The second-order valence-electron chi connectivity index (χ2n) is 4.65. The second kappa shape index (κ2) is 5.30. The largest absolute Gasteiger partial charge is 0.468 e. The summed E-state index contributed by atoms with van der Waals surface area (Å²) in [6, 6.07) is 4.22. The maximum atomic E-state index is 12.1. The Kier molecular flexibility index (Phi) is 3.91. The monoisotopic (exact) mass is 283 g/mol. The number of ether oxygens (including phenoxy) is 1. The van der Waals surface area contributed by atoms with E-state index in [0.29, 0.717) is 0 Å². The molecule has 0 aliphatic heterocycles. The van der Waals surface area contributed by atoms with Gasteiger partial charge in [0.15, 0.2) is 0 Å². The van der Waals surface area contributed by atoms with Crippen LogP contribution in [0.15, 0.2) is 23.1 Å². The number of sulfonamides is 1. The molecule has 1 aliphatic rings. The molecule has 2 rings (SSSR count). The van der Waals surface area contributed by atoms with Crippen molar-refractivity contribution in [3.8, 4) is 0 Å². The van der Waals surface area contributed by atoms with Gasteiger partial charge in [0.05, 0.1) is 12.0 Å². The van der Waals surface area contributed by atoms with Crippen molar-refractivity contribution in [2.45, 2.75) is 37.1 Å². The average Bonchev–Trinajstić information content (AvgIpc) is 2.84. The zero-order chi connectivity index (χ0) is 14.0. The van der Waals surface area contributed by atoms with Gasteiger partial charge in [-0.15, -0.1) is 0 Å².